The normalized spacial score (nSPS) is 17.7. The van der Waals surface area contributed by atoms with Crippen LogP contribution in [0.5, 0.6) is 0 Å². The van der Waals surface area contributed by atoms with Gasteiger partial charge in [-0.3, -0.25) is 0 Å². The average molecular weight is 284 g/mol. The largest absolute Gasteiger partial charge is 0.356 e. The van der Waals surface area contributed by atoms with E-state index in [2.05, 4.69) is 21.8 Å². The van der Waals surface area contributed by atoms with Crippen LogP contribution in [-0.4, -0.2) is 36.7 Å². The molecule has 0 atom stereocenters. The van der Waals surface area contributed by atoms with Gasteiger partial charge in [0, 0.05) is 24.8 Å². The van der Waals surface area contributed by atoms with Crippen LogP contribution in [0.15, 0.2) is 6.07 Å². The van der Waals surface area contributed by atoms with E-state index in [-0.39, 0.29) is 0 Å². The molecule has 0 saturated carbocycles. The highest BCUT2D eigenvalue weighted by molar-refractivity contribution is 7.89. The number of aromatic nitrogens is 2. The Labute approximate surface area is 114 Å². The van der Waals surface area contributed by atoms with Crippen molar-refractivity contribution < 1.29 is 8.42 Å². The minimum atomic E-state index is -3.41. The first kappa shape index (κ1) is 14.2. The van der Waals surface area contributed by atoms with Crippen LogP contribution in [-0.2, 0) is 16.4 Å². The van der Waals surface area contributed by atoms with Crippen LogP contribution in [0.25, 0.3) is 0 Å². The monoisotopic (exact) mass is 284 g/mol. The molecule has 1 aromatic rings. The summed E-state index contributed by atoms with van der Waals surface area (Å²) in [6.45, 7) is 5.26. The van der Waals surface area contributed by atoms with Crippen molar-refractivity contribution in [2.24, 2.45) is 5.14 Å². The molecule has 0 spiro atoms. The van der Waals surface area contributed by atoms with Crippen LogP contribution < -0.4 is 10.0 Å². The lowest BCUT2D eigenvalue weighted by atomic mass is 10.1. The van der Waals surface area contributed by atoms with Gasteiger partial charge in [0.2, 0.25) is 10.0 Å². The molecule has 6 nitrogen and oxygen atoms in total. The van der Waals surface area contributed by atoms with Gasteiger partial charge in [0.25, 0.3) is 0 Å². The summed E-state index contributed by atoms with van der Waals surface area (Å²) in [6.07, 6.45) is 1.98. The van der Waals surface area contributed by atoms with Crippen molar-refractivity contribution in [2.75, 3.05) is 18.0 Å². The lowest BCUT2D eigenvalue weighted by Crippen LogP contribution is -2.42. The van der Waals surface area contributed by atoms with E-state index >= 15 is 0 Å². The number of anilines is 1. The predicted octanol–water partition coefficient (Wildman–Crippen LogP) is 0.605. The number of hydrogen-bond donors (Lipinski definition) is 1. The molecule has 2 N–H and O–H groups in total. The molecule has 0 aromatic carbocycles. The van der Waals surface area contributed by atoms with Crippen molar-refractivity contribution >= 4 is 15.8 Å². The van der Waals surface area contributed by atoms with Gasteiger partial charge in [-0.25, -0.2) is 23.5 Å². The molecule has 0 amide bonds. The maximum absolute atomic E-state index is 11.3. The number of sulfonamides is 1. The zero-order chi connectivity index (χ0) is 14.0. The summed E-state index contributed by atoms with van der Waals surface area (Å²) in [5.41, 5.74) is 1.01. The second-order valence-electron chi connectivity index (χ2n) is 4.89. The van der Waals surface area contributed by atoms with E-state index in [4.69, 9.17) is 5.14 Å². The Balaban J connectivity index is 2.11. The zero-order valence-electron chi connectivity index (χ0n) is 11.3. The van der Waals surface area contributed by atoms with E-state index in [1.165, 1.54) is 0 Å². The van der Waals surface area contributed by atoms with E-state index in [9.17, 15) is 8.42 Å². The van der Waals surface area contributed by atoms with Gasteiger partial charge in [-0.15, -0.1) is 0 Å². The Morgan fingerprint density at radius 1 is 1.37 bits per heavy atom. The molecule has 1 aliphatic heterocycles. The number of rotatable bonds is 3. The van der Waals surface area contributed by atoms with Crippen molar-refractivity contribution in [2.45, 2.75) is 38.4 Å². The molecule has 1 saturated heterocycles. The van der Waals surface area contributed by atoms with Crippen LogP contribution >= 0.6 is 0 Å². The average Bonchev–Trinajstić information content (AvgIpc) is 2.37. The van der Waals surface area contributed by atoms with Crippen LogP contribution in [0.1, 0.15) is 31.3 Å². The molecule has 0 bridgehead atoms. The van der Waals surface area contributed by atoms with Gasteiger partial charge in [-0.05, 0) is 26.2 Å². The Kier molecular flexibility index (Phi) is 4.05. The quantitative estimate of drug-likeness (QED) is 0.878. The summed E-state index contributed by atoms with van der Waals surface area (Å²) in [5.74, 6) is 1.64. The van der Waals surface area contributed by atoms with Gasteiger partial charge in [-0.2, -0.15) is 0 Å². The number of primary sulfonamides is 1. The summed E-state index contributed by atoms with van der Waals surface area (Å²) in [5, 5.41) is 4.77. The van der Waals surface area contributed by atoms with E-state index in [1.807, 2.05) is 13.0 Å². The molecule has 0 aliphatic carbocycles. The van der Waals surface area contributed by atoms with Gasteiger partial charge in [-0.1, -0.05) is 6.92 Å². The number of nitrogens with two attached hydrogens (primary N) is 1. The van der Waals surface area contributed by atoms with E-state index < -0.39 is 15.3 Å². The third kappa shape index (κ3) is 3.42. The summed E-state index contributed by atoms with van der Waals surface area (Å²) >= 11 is 0. The molecular formula is C12H20N4O2S. The fourth-order valence-electron chi connectivity index (χ4n) is 2.37. The topological polar surface area (TPSA) is 89.2 Å². The fourth-order valence-corrected chi connectivity index (χ4v) is 3.24. The molecule has 19 heavy (non-hydrogen) atoms. The fraction of sp³-hybridized carbons (Fsp3) is 0.667. The van der Waals surface area contributed by atoms with Crippen molar-refractivity contribution in [3.63, 3.8) is 0 Å². The van der Waals surface area contributed by atoms with E-state index in [0.29, 0.717) is 25.9 Å². The molecule has 106 valence electrons. The van der Waals surface area contributed by atoms with Gasteiger partial charge in [0.15, 0.2) is 0 Å². The second-order valence-corrected chi connectivity index (χ2v) is 6.74. The second kappa shape index (κ2) is 5.42. The molecule has 0 radical (unpaired) electrons. The molecule has 1 aliphatic rings. The minimum absolute atomic E-state index is 0.419. The third-order valence-corrected chi connectivity index (χ3v) is 4.87. The highest BCUT2D eigenvalue weighted by Crippen LogP contribution is 2.21. The summed E-state index contributed by atoms with van der Waals surface area (Å²) in [4.78, 5) is 10.9. The molecule has 7 heteroatoms. The SMILES string of the molecule is CCc1cc(N2CCC(S(N)(=O)=O)CC2)nc(C)n1. The number of nitrogens with zero attached hydrogens (tertiary/aromatic N) is 3. The van der Waals surface area contributed by atoms with Crippen LogP contribution in [0.3, 0.4) is 0 Å². The first-order valence-corrected chi connectivity index (χ1v) is 8.12. The molecular weight excluding hydrogens is 264 g/mol. The molecule has 2 heterocycles. The smallest absolute Gasteiger partial charge is 0.212 e. The van der Waals surface area contributed by atoms with Gasteiger partial charge in [0.1, 0.15) is 11.6 Å². The Hall–Kier alpha value is -1.21. The van der Waals surface area contributed by atoms with Crippen LogP contribution in [0.2, 0.25) is 0 Å². The van der Waals surface area contributed by atoms with Gasteiger partial charge < -0.3 is 4.90 Å². The van der Waals surface area contributed by atoms with Crippen molar-refractivity contribution in [1.29, 1.82) is 0 Å². The number of aryl methyl sites for hydroxylation is 2. The molecule has 1 fully saturated rings. The number of piperidine rings is 1. The highest BCUT2D eigenvalue weighted by atomic mass is 32.2. The summed E-state index contributed by atoms with van der Waals surface area (Å²) < 4.78 is 22.6. The minimum Gasteiger partial charge on any atom is -0.356 e. The summed E-state index contributed by atoms with van der Waals surface area (Å²) in [6, 6.07) is 1.98. The predicted molar refractivity (Wildman–Crippen MR) is 74.5 cm³/mol. The van der Waals surface area contributed by atoms with Crippen LogP contribution in [0.4, 0.5) is 5.82 Å². The van der Waals surface area contributed by atoms with Crippen LogP contribution in [0, 0.1) is 6.92 Å². The lowest BCUT2D eigenvalue weighted by Gasteiger charge is -2.31. The molecule has 1 aromatic heterocycles. The molecule has 2 rings (SSSR count). The number of hydrogen-bond acceptors (Lipinski definition) is 5. The van der Waals surface area contributed by atoms with Crippen molar-refractivity contribution in [3.8, 4) is 0 Å². The lowest BCUT2D eigenvalue weighted by molar-refractivity contribution is 0.528. The van der Waals surface area contributed by atoms with Crippen molar-refractivity contribution in [3.05, 3.63) is 17.6 Å². The van der Waals surface area contributed by atoms with Gasteiger partial charge >= 0.3 is 0 Å². The first-order chi connectivity index (χ1) is 8.90. The summed E-state index contributed by atoms with van der Waals surface area (Å²) in [7, 11) is -3.41. The highest BCUT2D eigenvalue weighted by Gasteiger charge is 2.27. The van der Waals surface area contributed by atoms with Gasteiger partial charge in [0.05, 0.1) is 5.25 Å². The van der Waals surface area contributed by atoms with E-state index in [0.717, 1.165) is 23.8 Å². The standard InChI is InChI=1S/C12H20N4O2S/c1-3-10-8-12(15-9(2)14-10)16-6-4-11(5-7-16)19(13,17)18/h8,11H,3-7H2,1-2H3,(H2,13,17,18). The third-order valence-electron chi connectivity index (χ3n) is 3.47. The van der Waals surface area contributed by atoms with E-state index in [1.54, 1.807) is 0 Å². The Morgan fingerprint density at radius 3 is 2.53 bits per heavy atom. The molecule has 0 unspecified atom stereocenters. The maximum atomic E-state index is 11.3. The Bertz CT molecular complexity index is 551. The first-order valence-electron chi connectivity index (χ1n) is 6.51. The zero-order valence-corrected chi connectivity index (χ0v) is 12.2. The maximum Gasteiger partial charge on any atom is 0.212 e. The van der Waals surface area contributed by atoms with Crippen molar-refractivity contribution in [1.82, 2.24) is 9.97 Å². The Morgan fingerprint density at radius 2 is 2.00 bits per heavy atom.